The Hall–Kier alpha value is -0.830. The van der Waals surface area contributed by atoms with Crippen LogP contribution in [-0.2, 0) is 11.3 Å². The normalized spacial score (nSPS) is 14.4. The fourth-order valence-electron chi connectivity index (χ4n) is 2.06. The molecule has 1 aromatic heterocycles. The summed E-state index contributed by atoms with van der Waals surface area (Å²) in [7, 11) is 1.67. The minimum atomic E-state index is 0. The van der Waals surface area contributed by atoms with Crippen molar-refractivity contribution >= 4 is 29.9 Å². The highest BCUT2D eigenvalue weighted by molar-refractivity contribution is 14.0. The molecule has 1 aromatic rings. The number of methoxy groups -OCH3 is 1. The summed E-state index contributed by atoms with van der Waals surface area (Å²) in [6.45, 7) is 10.4. The van der Waals surface area contributed by atoms with E-state index in [9.17, 15) is 0 Å². The summed E-state index contributed by atoms with van der Waals surface area (Å²) in [4.78, 5) is 4.37. The molecule has 122 valence electrons. The van der Waals surface area contributed by atoms with Gasteiger partial charge in [-0.1, -0.05) is 6.92 Å². The van der Waals surface area contributed by atoms with Crippen molar-refractivity contribution in [3.8, 4) is 0 Å². The van der Waals surface area contributed by atoms with E-state index in [0.29, 0.717) is 25.0 Å². The van der Waals surface area contributed by atoms with E-state index >= 15 is 0 Å². The van der Waals surface area contributed by atoms with Crippen molar-refractivity contribution in [3.05, 3.63) is 17.5 Å². The summed E-state index contributed by atoms with van der Waals surface area (Å²) in [5.74, 6) is 0.848. The second-order valence-corrected chi connectivity index (χ2v) is 5.44. The zero-order valence-electron chi connectivity index (χ0n) is 13.6. The Kier molecular flexibility index (Phi) is 9.60. The smallest absolute Gasteiger partial charge is 0.188 e. The summed E-state index contributed by atoms with van der Waals surface area (Å²) in [6.07, 6.45) is 0. The lowest BCUT2D eigenvalue weighted by Crippen LogP contribution is -2.41. The SMILES string of the molecule is COCC(C)NC(N)=NCC(C)Cn1nc(C)cc1C.I. The van der Waals surface area contributed by atoms with Crippen molar-refractivity contribution in [2.24, 2.45) is 16.6 Å². The molecule has 0 saturated heterocycles. The third-order valence-corrected chi connectivity index (χ3v) is 2.97. The monoisotopic (exact) mass is 409 g/mol. The highest BCUT2D eigenvalue weighted by atomic mass is 127. The molecule has 6 nitrogen and oxygen atoms in total. The number of aryl methyl sites for hydroxylation is 2. The minimum Gasteiger partial charge on any atom is -0.383 e. The van der Waals surface area contributed by atoms with Gasteiger partial charge in [-0.3, -0.25) is 9.67 Å². The van der Waals surface area contributed by atoms with E-state index in [1.165, 1.54) is 5.69 Å². The quantitative estimate of drug-likeness (QED) is 0.408. The van der Waals surface area contributed by atoms with Crippen molar-refractivity contribution in [2.45, 2.75) is 40.3 Å². The van der Waals surface area contributed by atoms with Crippen molar-refractivity contribution < 1.29 is 4.74 Å². The number of hydrogen-bond donors (Lipinski definition) is 2. The van der Waals surface area contributed by atoms with E-state index in [4.69, 9.17) is 10.5 Å². The van der Waals surface area contributed by atoms with Gasteiger partial charge in [-0.05, 0) is 32.8 Å². The fraction of sp³-hybridized carbons (Fsp3) is 0.714. The van der Waals surface area contributed by atoms with Gasteiger partial charge in [0.1, 0.15) is 0 Å². The molecule has 0 amide bonds. The number of aromatic nitrogens is 2. The summed E-state index contributed by atoms with van der Waals surface area (Å²) >= 11 is 0. The molecule has 0 fully saturated rings. The van der Waals surface area contributed by atoms with Gasteiger partial charge in [0.15, 0.2) is 5.96 Å². The standard InChI is InChI=1S/C14H27N5O.HI/c1-10(8-19-13(4)6-11(2)18-19)7-16-14(15)17-12(3)9-20-5;/h6,10,12H,7-9H2,1-5H3,(H3,15,16,17);1H. The Balaban J connectivity index is 0.00000400. The molecule has 0 aromatic carbocycles. The molecule has 0 aliphatic carbocycles. The van der Waals surface area contributed by atoms with Gasteiger partial charge in [0.05, 0.1) is 12.3 Å². The number of hydrogen-bond acceptors (Lipinski definition) is 3. The molecule has 0 saturated carbocycles. The van der Waals surface area contributed by atoms with Crippen molar-refractivity contribution in [2.75, 3.05) is 20.3 Å². The summed E-state index contributed by atoms with van der Waals surface area (Å²) < 4.78 is 7.06. The highest BCUT2D eigenvalue weighted by Gasteiger charge is 2.07. The molecule has 2 unspecified atom stereocenters. The Morgan fingerprint density at radius 1 is 1.48 bits per heavy atom. The Labute approximate surface area is 144 Å². The van der Waals surface area contributed by atoms with Crippen LogP contribution in [0.4, 0.5) is 0 Å². The van der Waals surface area contributed by atoms with Crippen LogP contribution in [0.1, 0.15) is 25.2 Å². The average Bonchev–Trinajstić information content (AvgIpc) is 2.65. The molecule has 1 rings (SSSR count). The van der Waals surface area contributed by atoms with Crippen LogP contribution in [0.3, 0.4) is 0 Å². The number of halogens is 1. The van der Waals surface area contributed by atoms with Gasteiger partial charge in [-0.15, -0.1) is 24.0 Å². The molecule has 0 radical (unpaired) electrons. The van der Waals surface area contributed by atoms with Crippen molar-refractivity contribution in [1.29, 1.82) is 0 Å². The van der Waals surface area contributed by atoms with E-state index in [-0.39, 0.29) is 30.0 Å². The topological polar surface area (TPSA) is 77.5 Å². The van der Waals surface area contributed by atoms with Crippen LogP contribution in [0.25, 0.3) is 0 Å². The van der Waals surface area contributed by atoms with Gasteiger partial charge in [-0.2, -0.15) is 5.10 Å². The number of aliphatic imine (C=N–C) groups is 1. The lowest BCUT2D eigenvalue weighted by Gasteiger charge is -2.14. The van der Waals surface area contributed by atoms with E-state index in [0.717, 1.165) is 12.2 Å². The number of rotatable bonds is 7. The first-order chi connectivity index (χ1) is 9.42. The molecule has 0 spiro atoms. The summed E-state index contributed by atoms with van der Waals surface area (Å²) in [5, 5.41) is 7.55. The lowest BCUT2D eigenvalue weighted by atomic mass is 10.2. The summed E-state index contributed by atoms with van der Waals surface area (Å²) in [6, 6.07) is 2.24. The van der Waals surface area contributed by atoms with Crippen LogP contribution in [-0.4, -0.2) is 42.0 Å². The predicted molar refractivity (Wildman–Crippen MR) is 97.2 cm³/mol. The van der Waals surface area contributed by atoms with Crippen LogP contribution in [0.5, 0.6) is 0 Å². The number of nitrogens with one attached hydrogen (secondary N) is 1. The molecule has 21 heavy (non-hydrogen) atoms. The fourth-order valence-corrected chi connectivity index (χ4v) is 2.06. The average molecular weight is 409 g/mol. The molecule has 7 heteroatoms. The van der Waals surface area contributed by atoms with Gasteiger partial charge in [0.25, 0.3) is 0 Å². The van der Waals surface area contributed by atoms with Crippen LogP contribution in [0.15, 0.2) is 11.1 Å². The maximum absolute atomic E-state index is 5.84. The molecule has 1 heterocycles. The summed E-state index contributed by atoms with van der Waals surface area (Å²) in [5.41, 5.74) is 8.07. The third-order valence-electron chi connectivity index (χ3n) is 2.97. The van der Waals surface area contributed by atoms with Crippen LogP contribution in [0.2, 0.25) is 0 Å². The molecular weight excluding hydrogens is 381 g/mol. The number of nitrogens with zero attached hydrogens (tertiary/aromatic N) is 3. The largest absolute Gasteiger partial charge is 0.383 e. The number of nitrogens with two attached hydrogens (primary N) is 1. The van der Waals surface area contributed by atoms with E-state index in [1.54, 1.807) is 7.11 Å². The number of guanidine groups is 1. The van der Waals surface area contributed by atoms with E-state index in [1.807, 2.05) is 18.5 Å². The van der Waals surface area contributed by atoms with Gasteiger partial charge < -0.3 is 15.8 Å². The van der Waals surface area contributed by atoms with Gasteiger partial charge >= 0.3 is 0 Å². The zero-order valence-corrected chi connectivity index (χ0v) is 15.9. The third kappa shape index (κ3) is 7.66. The predicted octanol–water partition coefficient (Wildman–Crippen LogP) is 1.69. The maximum atomic E-state index is 5.84. The molecule has 2 atom stereocenters. The number of ether oxygens (including phenoxy) is 1. The molecule has 3 N–H and O–H groups in total. The van der Waals surface area contributed by atoms with Crippen molar-refractivity contribution in [3.63, 3.8) is 0 Å². The van der Waals surface area contributed by atoms with Gasteiger partial charge in [-0.25, -0.2) is 0 Å². The van der Waals surface area contributed by atoms with Crippen LogP contribution < -0.4 is 11.1 Å². The Morgan fingerprint density at radius 3 is 2.67 bits per heavy atom. The highest BCUT2D eigenvalue weighted by Crippen LogP contribution is 2.06. The van der Waals surface area contributed by atoms with Crippen LogP contribution in [0, 0.1) is 19.8 Å². The first-order valence-corrected chi connectivity index (χ1v) is 6.98. The van der Waals surface area contributed by atoms with Crippen LogP contribution >= 0.6 is 24.0 Å². The molecule has 0 aliphatic heterocycles. The maximum Gasteiger partial charge on any atom is 0.188 e. The molecule has 0 aliphatic rings. The first kappa shape index (κ1) is 20.2. The van der Waals surface area contributed by atoms with E-state index in [2.05, 4.69) is 35.3 Å². The van der Waals surface area contributed by atoms with Crippen molar-refractivity contribution in [1.82, 2.24) is 15.1 Å². The van der Waals surface area contributed by atoms with Gasteiger partial charge in [0, 0.05) is 31.9 Å². The van der Waals surface area contributed by atoms with Gasteiger partial charge in [0.2, 0.25) is 0 Å². The minimum absolute atomic E-state index is 0. The second-order valence-electron chi connectivity index (χ2n) is 5.44. The Bertz CT molecular complexity index is 447. The molecular formula is C14H28IN5O. The lowest BCUT2D eigenvalue weighted by molar-refractivity contribution is 0.179. The van der Waals surface area contributed by atoms with E-state index < -0.39 is 0 Å². The Morgan fingerprint density at radius 2 is 2.14 bits per heavy atom. The first-order valence-electron chi connectivity index (χ1n) is 6.98. The zero-order chi connectivity index (χ0) is 15.1. The molecule has 0 bridgehead atoms. The second kappa shape index (κ2) is 9.99.